The molecule has 0 unspecified atom stereocenters. The number of carbonyl (C=O) groups excluding carboxylic acids is 1. The molecule has 0 atom stereocenters. The first-order valence-corrected chi connectivity index (χ1v) is 5.54. The molecular weight excluding hydrogens is 232 g/mol. The summed E-state index contributed by atoms with van der Waals surface area (Å²) in [7, 11) is 0. The second kappa shape index (κ2) is 5.81. The number of aryl methyl sites for hydroxylation is 1. The standard InChI is InChI=1S/C12H14N4O2/c1-9-3-2-4-10(5-9)18-7-12(17)13-6-11-14-8-15-16-11/h2-5,8H,6-7H2,1H3,(H,13,17)(H,14,15,16). The molecule has 0 spiro atoms. The molecule has 18 heavy (non-hydrogen) atoms. The van der Waals surface area contributed by atoms with Crippen molar-refractivity contribution in [3.05, 3.63) is 42.0 Å². The van der Waals surface area contributed by atoms with Gasteiger partial charge in [-0.05, 0) is 24.6 Å². The molecule has 0 radical (unpaired) electrons. The van der Waals surface area contributed by atoms with E-state index in [1.165, 1.54) is 6.33 Å². The monoisotopic (exact) mass is 246 g/mol. The van der Waals surface area contributed by atoms with Crippen LogP contribution in [0.2, 0.25) is 0 Å². The Kier molecular flexibility index (Phi) is 3.90. The van der Waals surface area contributed by atoms with Gasteiger partial charge in [0, 0.05) is 0 Å². The Labute approximate surface area is 104 Å². The normalized spacial score (nSPS) is 10.1. The van der Waals surface area contributed by atoms with E-state index in [2.05, 4.69) is 20.5 Å². The van der Waals surface area contributed by atoms with Gasteiger partial charge in [0.05, 0.1) is 6.54 Å². The van der Waals surface area contributed by atoms with E-state index in [0.717, 1.165) is 5.56 Å². The van der Waals surface area contributed by atoms with Crippen LogP contribution < -0.4 is 10.1 Å². The molecule has 2 N–H and O–H groups in total. The fraction of sp³-hybridized carbons (Fsp3) is 0.250. The Morgan fingerprint density at radius 3 is 3.11 bits per heavy atom. The summed E-state index contributed by atoms with van der Waals surface area (Å²) in [4.78, 5) is 15.4. The molecule has 0 fully saturated rings. The smallest absolute Gasteiger partial charge is 0.258 e. The van der Waals surface area contributed by atoms with E-state index in [1.807, 2.05) is 31.2 Å². The second-order valence-corrected chi connectivity index (χ2v) is 3.81. The maximum absolute atomic E-state index is 11.5. The van der Waals surface area contributed by atoms with Crippen molar-refractivity contribution in [2.75, 3.05) is 6.61 Å². The minimum absolute atomic E-state index is 0.0163. The number of ether oxygens (including phenoxy) is 1. The number of amides is 1. The van der Waals surface area contributed by atoms with Gasteiger partial charge in [0.2, 0.25) is 0 Å². The molecular formula is C12H14N4O2. The van der Waals surface area contributed by atoms with Gasteiger partial charge < -0.3 is 10.1 Å². The molecule has 0 bridgehead atoms. The third-order valence-electron chi connectivity index (χ3n) is 2.28. The summed E-state index contributed by atoms with van der Waals surface area (Å²) < 4.78 is 5.36. The number of carbonyl (C=O) groups is 1. The van der Waals surface area contributed by atoms with Gasteiger partial charge in [-0.2, -0.15) is 5.10 Å². The van der Waals surface area contributed by atoms with Gasteiger partial charge in [0.1, 0.15) is 17.9 Å². The first-order chi connectivity index (χ1) is 8.74. The van der Waals surface area contributed by atoms with E-state index < -0.39 is 0 Å². The average molecular weight is 246 g/mol. The average Bonchev–Trinajstić information content (AvgIpc) is 2.87. The maximum atomic E-state index is 11.5. The van der Waals surface area contributed by atoms with Gasteiger partial charge >= 0.3 is 0 Å². The van der Waals surface area contributed by atoms with Crippen LogP contribution >= 0.6 is 0 Å². The highest BCUT2D eigenvalue weighted by Crippen LogP contribution is 2.11. The van der Waals surface area contributed by atoms with Crippen LogP contribution in [0, 0.1) is 6.92 Å². The second-order valence-electron chi connectivity index (χ2n) is 3.81. The number of nitrogens with zero attached hydrogens (tertiary/aromatic N) is 2. The van der Waals surface area contributed by atoms with Gasteiger partial charge in [0.25, 0.3) is 5.91 Å². The summed E-state index contributed by atoms with van der Waals surface area (Å²) in [5.74, 6) is 1.09. The Balaban J connectivity index is 1.75. The predicted molar refractivity (Wildman–Crippen MR) is 64.9 cm³/mol. The highest BCUT2D eigenvalue weighted by Gasteiger charge is 2.03. The zero-order chi connectivity index (χ0) is 12.8. The molecule has 0 aliphatic carbocycles. The molecule has 2 rings (SSSR count). The third-order valence-corrected chi connectivity index (χ3v) is 2.28. The number of hydrogen-bond donors (Lipinski definition) is 2. The van der Waals surface area contributed by atoms with Crippen LogP contribution in [0.3, 0.4) is 0 Å². The van der Waals surface area contributed by atoms with Gasteiger partial charge in [0.15, 0.2) is 6.61 Å². The summed E-state index contributed by atoms with van der Waals surface area (Å²) in [5, 5.41) is 9.01. The summed E-state index contributed by atoms with van der Waals surface area (Å²) in [5.41, 5.74) is 1.09. The van der Waals surface area contributed by atoms with E-state index >= 15 is 0 Å². The van der Waals surface area contributed by atoms with Crippen LogP contribution in [0.5, 0.6) is 5.75 Å². The van der Waals surface area contributed by atoms with Crippen LogP contribution in [0.15, 0.2) is 30.6 Å². The molecule has 1 aromatic carbocycles. The lowest BCUT2D eigenvalue weighted by atomic mass is 10.2. The summed E-state index contributed by atoms with van der Waals surface area (Å²) in [6.07, 6.45) is 1.39. The third kappa shape index (κ3) is 3.58. The van der Waals surface area contributed by atoms with Crippen LogP contribution in [0.25, 0.3) is 0 Å². The van der Waals surface area contributed by atoms with Crippen molar-refractivity contribution >= 4 is 5.91 Å². The van der Waals surface area contributed by atoms with E-state index in [1.54, 1.807) is 0 Å². The molecule has 6 heteroatoms. The van der Waals surface area contributed by atoms with Crippen molar-refractivity contribution in [2.45, 2.75) is 13.5 Å². The van der Waals surface area contributed by atoms with Crippen LogP contribution in [-0.4, -0.2) is 27.7 Å². The van der Waals surface area contributed by atoms with Crippen LogP contribution in [0.4, 0.5) is 0 Å². The molecule has 0 aliphatic rings. The van der Waals surface area contributed by atoms with Crippen molar-refractivity contribution < 1.29 is 9.53 Å². The molecule has 6 nitrogen and oxygen atoms in total. The van der Waals surface area contributed by atoms with Crippen molar-refractivity contribution in [3.8, 4) is 5.75 Å². The highest BCUT2D eigenvalue weighted by atomic mass is 16.5. The Bertz CT molecular complexity index is 511. The number of hydrogen-bond acceptors (Lipinski definition) is 4. The molecule has 1 aromatic heterocycles. The lowest BCUT2D eigenvalue weighted by molar-refractivity contribution is -0.123. The Morgan fingerprint density at radius 2 is 2.39 bits per heavy atom. The van der Waals surface area contributed by atoms with E-state index in [4.69, 9.17) is 4.74 Å². The minimum Gasteiger partial charge on any atom is -0.484 e. The molecule has 2 aromatic rings. The summed E-state index contributed by atoms with van der Waals surface area (Å²) in [6, 6.07) is 7.55. The molecule has 0 saturated carbocycles. The predicted octanol–water partition coefficient (Wildman–Crippen LogP) is 0.808. The quantitative estimate of drug-likeness (QED) is 0.818. The highest BCUT2D eigenvalue weighted by molar-refractivity contribution is 5.77. The molecule has 0 saturated heterocycles. The molecule has 0 aliphatic heterocycles. The van der Waals surface area contributed by atoms with Gasteiger partial charge in [-0.25, -0.2) is 4.98 Å². The van der Waals surface area contributed by atoms with Crippen molar-refractivity contribution in [2.24, 2.45) is 0 Å². The molecule has 1 heterocycles. The topological polar surface area (TPSA) is 79.9 Å². The van der Waals surface area contributed by atoms with Gasteiger partial charge in [-0.1, -0.05) is 12.1 Å². The van der Waals surface area contributed by atoms with Gasteiger partial charge in [-0.3, -0.25) is 9.89 Å². The van der Waals surface area contributed by atoms with Crippen LogP contribution in [-0.2, 0) is 11.3 Å². The number of aromatic nitrogens is 3. The Morgan fingerprint density at radius 1 is 1.50 bits per heavy atom. The number of nitrogens with one attached hydrogen (secondary N) is 2. The fourth-order valence-corrected chi connectivity index (χ4v) is 1.40. The van der Waals surface area contributed by atoms with Crippen molar-refractivity contribution in [1.29, 1.82) is 0 Å². The van der Waals surface area contributed by atoms with Gasteiger partial charge in [-0.15, -0.1) is 0 Å². The maximum Gasteiger partial charge on any atom is 0.258 e. The zero-order valence-electron chi connectivity index (χ0n) is 10.0. The first kappa shape index (κ1) is 12.1. The fourth-order valence-electron chi connectivity index (χ4n) is 1.40. The largest absolute Gasteiger partial charge is 0.484 e. The van der Waals surface area contributed by atoms with Crippen molar-refractivity contribution in [1.82, 2.24) is 20.5 Å². The SMILES string of the molecule is Cc1cccc(OCC(=O)NCc2ncn[nH]2)c1. The number of aromatic amines is 1. The van der Waals surface area contributed by atoms with Crippen molar-refractivity contribution in [3.63, 3.8) is 0 Å². The van der Waals surface area contributed by atoms with Crippen LogP contribution in [0.1, 0.15) is 11.4 Å². The van der Waals surface area contributed by atoms with E-state index in [9.17, 15) is 4.79 Å². The summed E-state index contributed by atoms with van der Waals surface area (Å²) in [6.45, 7) is 2.27. The lowest BCUT2D eigenvalue weighted by Gasteiger charge is -2.06. The molecule has 1 amide bonds. The first-order valence-electron chi connectivity index (χ1n) is 5.54. The Hall–Kier alpha value is -2.37. The number of rotatable bonds is 5. The number of benzene rings is 1. The van der Waals surface area contributed by atoms with E-state index in [-0.39, 0.29) is 12.5 Å². The number of H-pyrrole nitrogens is 1. The summed E-state index contributed by atoms with van der Waals surface area (Å²) >= 11 is 0. The van der Waals surface area contributed by atoms with E-state index in [0.29, 0.717) is 18.1 Å². The minimum atomic E-state index is -0.201. The zero-order valence-corrected chi connectivity index (χ0v) is 10.0. The molecule has 94 valence electrons. The lowest BCUT2D eigenvalue weighted by Crippen LogP contribution is -2.28.